The van der Waals surface area contributed by atoms with Crippen LogP contribution in [0.25, 0.3) is 0 Å². The first-order chi connectivity index (χ1) is 2.83. The molecule has 0 saturated carbocycles. The van der Waals surface area contributed by atoms with E-state index >= 15 is 0 Å². The van der Waals surface area contributed by atoms with Gasteiger partial charge in [-0.15, -0.1) is 0 Å². The Morgan fingerprint density at radius 1 is 0.140 bits per heavy atom. The van der Waals surface area contributed by atoms with Gasteiger partial charge in [0.15, 0.2) is 0 Å². The summed E-state index contributed by atoms with van der Waals surface area (Å²) in [6.07, 6.45) is 1.50. The average molecular weight is 792 g/mol. The number of nitrogens with one attached hydrogen (secondary N) is 2. The van der Waals surface area contributed by atoms with Crippen LogP contribution in [0.2, 0.25) is 0 Å². The minimum Gasteiger partial charge on any atom is -0.222 e. The Bertz CT molecular complexity index is 78.1. The maximum absolute atomic E-state index is 8.35. The molecule has 50 heavy (non-hydrogen) atoms. The minimum absolute atomic E-state index is 0. The fourth-order valence-corrected chi connectivity index (χ4v) is 0. The third-order valence-corrected chi connectivity index (χ3v) is 0. The van der Waals surface area contributed by atoms with Gasteiger partial charge in [-0.2, -0.15) is 0 Å². The van der Waals surface area contributed by atoms with Gasteiger partial charge in [0.05, 0.1) is 0 Å². The van der Waals surface area contributed by atoms with Gasteiger partial charge in [-0.25, -0.2) is 20.4 Å². The molecule has 0 atom stereocenters. The summed E-state index contributed by atoms with van der Waals surface area (Å²) in [7, 11) is 0. The third kappa shape index (κ3) is 63700. The molecule has 0 aromatic heterocycles. The number of hydrogen-bond acceptors (Lipinski definition) is 4. The summed E-state index contributed by atoms with van der Waals surface area (Å²) in [6, 6.07) is 0. The maximum atomic E-state index is 8.35. The predicted molar refractivity (Wildman–Crippen MR) is 313 cm³/mol. The molecule has 0 unspecified atom stereocenters. The molecular formula is C46H178N2O2. The van der Waals surface area contributed by atoms with Gasteiger partial charge in [-0.1, -0.05) is 327 Å². The van der Waals surface area contributed by atoms with E-state index in [1.54, 1.807) is 0 Å². The molecule has 4 heteroatoms. The van der Waals surface area contributed by atoms with E-state index in [4.69, 9.17) is 20.4 Å². The van der Waals surface area contributed by atoms with E-state index in [9.17, 15) is 0 Å². The highest BCUT2D eigenvalue weighted by molar-refractivity contribution is 5.26. The van der Waals surface area contributed by atoms with E-state index in [-0.39, 0.29) is 327 Å². The highest BCUT2D eigenvalue weighted by Crippen LogP contribution is 0.871. The first kappa shape index (κ1) is 14600. The summed E-state index contributed by atoms with van der Waals surface area (Å²) in [5.74, 6) is 0. The fourth-order valence-electron chi connectivity index (χ4n) is 0. The van der Waals surface area contributed by atoms with Gasteiger partial charge >= 0.3 is 0 Å². The summed E-state index contributed by atoms with van der Waals surface area (Å²) in [5, 5.41) is 10.8. The summed E-state index contributed by atoms with van der Waals surface area (Å²) in [6.45, 7) is 0. The van der Waals surface area contributed by atoms with Crippen LogP contribution in [0.5, 0.6) is 0 Å². The van der Waals surface area contributed by atoms with Gasteiger partial charge in [0.2, 0.25) is 12.2 Å². The van der Waals surface area contributed by atoms with Crippen molar-refractivity contribution in [1.29, 1.82) is 10.8 Å². The Morgan fingerprint density at radius 2 is 0.140 bits per heavy atom. The zero-order chi connectivity index (χ0) is 5.41. The van der Waals surface area contributed by atoms with Crippen LogP contribution in [0.15, 0.2) is 0 Å². The van der Waals surface area contributed by atoms with Gasteiger partial charge in [0.1, 0.15) is 0 Å². The predicted octanol–water partition coefficient (Wildman–Crippen LogP) is 27.8. The van der Waals surface area contributed by atoms with Gasteiger partial charge in [0, 0.05) is 0 Å². The zero-order valence-electron chi connectivity index (χ0n) is 2.82. The molecule has 0 saturated heterocycles. The summed E-state index contributed by atoms with van der Waals surface area (Å²) in [5.41, 5.74) is 0. The summed E-state index contributed by atoms with van der Waals surface area (Å²) in [4.78, 5) is 16.7. The van der Waals surface area contributed by atoms with Crippen LogP contribution in [0.4, 0.5) is 0 Å². The number of carbonyl (C=O) groups excluding carboxylic acids is 2. The van der Waals surface area contributed by atoms with E-state index in [0.29, 0.717) is 0 Å². The lowest BCUT2D eigenvalue weighted by atomic mass is 11.7. The molecule has 0 spiro atoms. The van der Waals surface area contributed by atoms with Crippen molar-refractivity contribution in [2.24, 2.45) is 0 Å². The normalized spacial score (nSPS) is 0.320. The second-order valence-electron chi connectivity index (χ2n) is 0.204. The number of rotatable bonds is 0. The first-order valence-electron chi connectivity index (χ1n) is 0.908. The highest BCUT2D eigenvalue weighted by atomic mass is 16.1. The van der Waals surface area contributed by atoms with E-state index in [1.165, 1.54) is 0 Å². The van der Waals surface area contributed by atoms with Crippen molar-refractivity contribution in [2.75, 3.05) is 0 Å². The molecule has 0 aliphatic carbocycles. The molecule has 2 N–H and O–H groups in total. The largest absolute Gasteiger partial charge is 0.231 e. The van der Waals surface area contributed by atoms with Crippen molar-refractivity contribution in [1.82, 2.24) is 0 Å². The van der Waals surface area contributed by atoms with E-state index in [0.717, 1.165) is 12.2 Å². The van der Waals surface area contributed by atoms with Crippen molar-refractivity contribution < 1.29 is 9.59 Å². The molecule has 0 fully saturated rings. The smallest absolute Gasteiger partial charge is 0.222 e. The Kier molecular flexibility index (Phi) is 52800000. The van der Waals surface area contributed by atoms with Gasteiger partial charge in [-0.05, 0) is 0 Å². The van der Waals surface area contributed by atoms with E-state index < -0.39 is 0 Å². The lowest BCUT2D eigenvalue weighted by Crippen LogP contribution is -1.16. The highest BCUT2D eigenvalue weighted by Gasteiger charge is 1.04. The second-order valence-corrected chi connectivity index (χ2v) is 0.204. The summed E-state index contributed by atoms with van der Waals surface area (Å²) >= 11 is 0. The molecule has 0 aromatic carbocycles. The SMILES string of the molecule is C.C.C.C.C.C.C.C.C.C.C.C.C.C.C.C.C.C.C.C.C.C.C.C.C.C.C.C.C.C.C.C.C.C.C.C.C.C.C.C.C.C.C.C.N=C=O.N=C=O. The number of hydrogen-bond donors (Lipinski definition) is 2. The average Bonchev–Trinajstić information content (AvgIpc) is 1.39. The molecule has 0 rings (SSSR count). The van der Waals surface area contributed by atoms with E-state index in [1.807, 2.05) is 0 Å². The molecule has 4 nitrogen and oxygen atoms in total. The Balaban J connectivity index is -0.0000000000774. The van der Waals surface area contributed by atoms with Crippen molar-refractivity contribution in [3.63, 3.8) is 0 Å². The van der Waals surface area contributed by atoms with Gasteiger partial charge < -0.3 is 0 Å². The lowest BCUT2D eigenvalue weighted by Gasteiger charge is -1.02. The molecule has 0 aliphatic rings. The second kappa shape index (κ2) is 181000. The molecule has 0 aliphatic heterocycles. The van der Waals surface area contributed by atoms with Crippen LogP contribution in [0.1, 0.15) is 327 Å². The Labute approximate surface area is 358 Å². The molecular weight excluding hydrogens is 613 g/mol. The van der Waals surface area contributed by atoms with Crippen LogP contribution in [0, 0.1) is 10.8 Å². The van der Waals surface area contributed by atoms with Crippen LogP contribution < -0.4 is 0 Å². The zero-order valence-corrected chi connectivity index (χ0v) is 2.82. The fraction of sp³-hybridized carbons (Fsp3) is 0.957. The molecule has 0 bridgehead atoms. The third-order valence-electron chi connectivity index (χ3n) is 0. The van der Waals surface area contributed by atoms with Gasteiger partial charge in [0.25, 0.3) is 0 Å². The monoisotopic (exact) mass is 791 g/mol. The number of isocyanates is 2. The van der Waals surface area contributed by atoms with Crippen molar-refractivity contribution in [2.45, 2.75) is 327 Å². The van der Waals surface area contributed by atoms with Crippen LogP contribution in [-0.4, -0.2) is 12.2 Å². The molecule has 0 aromatic rings. The van der Waals surface area contributed by atoms with E-state index in [2.05, 4.69) is 0 Å². The Morgan fingerprint density at radius 3 is 0.140 bits per heavy atom. The molecule has 0 amide bonds. The first-order valence-corrected chi connectivity index (χ1v) is 0.908. The van der Waals surface area contributed by atoms with Gasteiger partial charge in [-0.3, -0.25) is 0 Å². The van der Waals surface area contributed by atoms with Crippen molar-refractivity contribution in [3.05, 3.63) is 0 Å². The van der Waals surface area contributed by atoms with Crippen molar-refractivity contribution in [3.8, 4) is 0 Å². The van der Waals surface area contributed by atoms with Crippen LogP contribution >= 0.6 is 0 Å². The standard InChI is InChI=1S/2CHNO.44CH4/c2*2-1-3;;;;;;;;;;;;;;;;;;;;;;;;;;;;;;;;;;;;;;;;;;;;/h2*2H;44*1H4. The van der Waals surface area contributed by atoms with Crippen LogP contribution in [0.3, 0.4) is 0 Å². The topological polar surface area (TPSA) is 81.8 Å². The minimum atomic E-state index is 0. The maximum Gasteiger partial charge on any atom is 0.231 e. The van der Waals surface area contributed by atoms with Crippen molar-refractivity contribution >= 4 is 12.2 Å². The lowest BCUT2D eigenvalue weighted by molar-refractivity contribution is 0.562. The molecule has 0 heterocycles. The molecule has 384 valence electrons. The Hall–Kier alpha value is -1.24. The quantitative estimate of drug-likeness (QED) is 0.189. The summed E-state index contributed by atoms with van der Waals surface area (Å²) < 4.78 is 0. The van der Waals surface area contributed by atoms with Crippen LogP contribution in [-0.2, 0) is 9.59 Å². The molecule has 0 radical (unpaired) electrons.